The molecule has 110 valence electrons. The molecule has 0 spiro atoms. The zero-order valence-electron chi connectivity index (χ0n) is 11.6. The van der Waals surface area contributed by atoms with Gasteiger partial charge in [0.2, 0.25) is 0 Å². The molecule has 3 rings (SSSR count). The van der Waals surface area contributed by atoms with Gasteiger partial charge in [0.1, 0.15) is 11.6 Å². The molecule has 2 unspecified atom stereocenters. The van der Waals surface area contributed by atoms with Gasteiger partial charge in [-0.3, -0.25) is 4.79 Å². The van der Waals surface area contributed by atoms with Crippen LogP contribution in [0.5, 0.6) is 5.75 Å². The van der Waals surface area contributed by atoms with Crippen LogP contribution in [0.1, 0.15) is 25.7 Å². The Labute approximate surface area is 122 Å². The van der Waals surface area contributed by atoms with Crippen LogP contribution in [0.3, 0.4) is 0 Å². The number of hydrogen-bond donors (Lipinski definition) is 3. The number of carbonyl (C=O) groups is 1. The number of nitrogens with zero attached hydrogens (tertiary/aromatic N) is 1. The van der Waals surface area contributed by atoms with Crippen LogP contribution in [0.25, 0.3) is 10.8 Å². The van der Waals surface area contributed by atoms with Crippen molar-refractivity contribution in [3.63, 3.8) is 0 Å². The zero-order valence-corrected chi connectivity index (χ0v) is 11.6. The van der Waals surface area contributed by atoms with E-state index in [2.05, 4.69) is 10.3 Å². The van der Waals surface area contributed by atoms with E-state index in [4.69, 9.17) is 0 Å². The summed E-state index contributed by atoms with van der Waals surface area (Å²) in [6.45, 7) is 0. The molecule has 21 heavy (non-hydrogen) atoms. The lowest BCUT2D eigenvalue weighted by Gasteiger charge is -2.30. The number of carboxylic acids is 1. The molecular formula is C16H18N2O3. The van der Waals surface area contributed by atoms with Crippen molar-refractivity contribution in [3.8, 4) is 5.75 Å². The van der Waals surface area contributed by atoms with Crippen molar-refractivity contribution in [3.05, 3.63) is 30.5 Å². The molecule has 1 aliphatic rings. The third-order valence-corrected chi connectivity index (χ3v) is 4.15. The molecule has 1 saturated carbocycles. The molecule has 3 N–H and O–H groups in total. The molecule has 0 aliphatic heterocycles. The van der Waals surface area contributed by atoms with Crippen LogP contribution in [0.4, 0.5) is 5.82 Å². The number of aromatic nitrogens is 1. The Morgan fingerprint density at radius 1 is 1.24 bits per heavy atom. The van der Waals surface area contributed by atoms with Gasteiger partial charge in [0.05, 0.1) is 5.92 Å². The van der Waals surface area contributed by atoms with E-state index in [0.29, 0.717) is 12.2 Å². The van der Waals surface area contributed by atoms with Crippen molar-refractivity contribution in [1.29, 1.82) is 0 Å². The summed E-state index contributed by atoms with van der Waals surface area (Å²) in [5.41, 5.74) is 0. The Morgan fingerprint density at radius 3 is 2.86 bits per heavy atom. The van der Waals surface area contributed by atoms with E-state index in [1.54, 1.807) is 18.3 Å². The van der Waals surface area contributed by atoms with Gasteiger partial charge in [0.25, 0.3) is 0 Å². The van der Waals surface area contributed by atoms with Crippen LogP contribution >= 0.6 is 0 Å². The van der Waals surface area contributed by atoms with Gasteiger partial charge in [-0.1, -0.05) is 18.9 Å². The van der Waals surface area contributed by atoms with Crippen molar-refractivity contribution in [1.82, 2.24) is 4.98 Å². The van der Waals surface area contributed by atoms with Crippen LogP contribution < -0.4 is 5.32 Å². The maximum absolute atomic E-state index is 11.4. The second-order valence-electron chi connectivity index (χ2n) is 5.55. The first kappa shape index (κ1) is 13.7. The molecule has 2 atom stereocenters. The third-order valence-electron chi connectivity index (χ3n) is 4.15. The molecule has 1 heterocycles. The minimum Gasteiger partial charge on any atom is -0.508 e. The summed E-state index contributed by atoms with van der Waals surface area (Å²) < 4.78 is 0. The number of anilines is 1. The van der Waals surface area contributed by atoms with Gasteiger partial charge < -0.3 is 15.5 Å². The summed E-state index contributed by atoms with van der Waals surface area (Å²) in [6, 6.07) is 6.87. The third kappa shape index (κ3) is 2.77. The number of hydrogen-bond acceptors (Lipinski definition) is 4. The summed E-state index contributed by atoms with van der Waals surface area (Å²) in [6.07, 6.45) is 5.20. The SMILES string of the molecule is O=C(O)C1CCCCC1Nc1nccc2ccc(O)cc12. The predicted octanol–water partition coefficient (Wildman–Crippen LogP) is 3.00. The summed E-state index contributed by atoms with van der Waals surface area (Å²) in [5, 5.41) is 24.1. The lowest BCUT2D eigenvalue weighted by Crippen LogP contribution is -2.37. The molecular weight excluding hydrogens is 268 g/mol. The Bertz CT molecular complexity index is 672. The van der Waals surface area contributed by atoms with Crippen LogP contribution in [0.2, 0.25) is 0 Å². The molecule has 5 nitrogen and oxygen atoms in total. The average molecular weight is 286 g/mol. The number of phenolic OH excluding ortho intramolecular Hbond substituents is 1. The predicted molar refractivity (Wildman–Crippen MR) is 80.4 cm³/mol. The fourth-order valence-electron chi connectivity index (χ4n) is 3.05. The number of phenols is 1. The van der Waals surface area contributed by atoms with Crippen LogP contribution in [-0.2, 0) is 4.79 Å². The molecule has 2 aromatic rings. The Balaban J connectivity index is 1.93. The number of pyridine rings is 1. The second kappa shape index (κ2) is 5.60. The van der Waals surface area contributed by atoms with Gasteiger partial charge in [-0.15, -0.1) is 0 Å². The molecule has 0 bridgehead atoms. The largest absolute Gasteiger partial charge is 0.508 e. The van der Waals surface area contributed by atoms with Gasteiger partial charge in [-0.25, -0.2) is 4.98 Å². The normalized spacial score (nSPS) is 22.1. The summed E-state index contributed by atoms with van der Waals surface area (Å²) >= 11 is 0. The van der Waals surface area contributed by atoms with E-state index < -0.39 is 5.97 Å². The number of benzene rings is 1. The molecule has 0 saturated heterocycles. The molecule has 1 aromatic heterocycles. The highest BCUT2D eigenvalue weighted by Gasteiger charge is 2.31. The highest BCUT2D eigenvalue weighted by molar-refractivity contribution is 5.93. The fraction of sp³-hybridized carbons (Fsp3) is 0.375. The first-order chi connectivity index (χ1) is 10.1. The summed E-state index contributed by atoms with van der Waals surface area (Å²) in [7, 11) is 0. The lowest BCUT2D eigenvalue weighted by atomic mass is 9.84. The topological polar surface area (TPSA) is 82.5 Å². The van der Waals surface area contributed by atoms with Crippen molar-refractivity contribution in [2.75, 3.05) is 5.32 Å². The number of rotatable bonds is 3. The van der Waals surface area contributed by atoms with Crippen LogP contribution in [0.15, 0.2) is 30.5 Å². The summed E-state index contributed by atoms with van der Waals surface area (Å²) in [4.78, 5) is 15.7. The minimum absolute atomic E-state index is 0.114. The first-order valence-electron chi connectivity index (χ1n) is 7.22. The van der Waals surface area contributed by atoms with E-state index in [9.17, 15) is 15.0 Å². The van der Waals surface area contributed by atoms with E-state index in [-0.39, 0.29) is 17.7 Å². The maximum atomic E-state index is 11.4. The van der Waals surface area contributed by atoms with Gasteiger partial charge in [-0.2, -0.15) is 0 Å². The van der Waals surface area contributed by atoms with Crippen LogP contribution in [-0.4, -0.2) is 27.2 Å². The maximum Gasteiger partial charge on any atom is 0.308 e. The van der Waals surface area contributed by atoms with E-state index in [1.807, 2.05) is 12.1 Å². The average Bonchev–Trinajstić information content (AvgIpc) is 2.48. The fourth-order valence-corrected chi connectivity index (χ4v) is 3.05. The molecule has 0 radical (unpaired) electrons. The lowest BCUT2D eigenvalue weighted by molar-refractivity contribution is -0.143. The van der Waals surface area contributed by atoms with E-state index >= 15 is 0 Å². The zero-order chi connectivity index (χ0) is 14.8. The monoisotopic (exact) mass is 286 g/mol. The molecule has 1 fully saturated rings. The number of aromatic hydroxyl groups is 1. The molecule has 1 aliphatic carbocycles. The number of carboxylic acid groups (broad SMARTS) is 1. The van der Waals surface area contributed by atoms with Crippen molar-refractivity contribution < 1.29 is 15.0 Å². The quantitative estimate of drug-likeness (QED) is 0.808. The summed E-state index contributed by atoms with van der Waals surface area (Å²) in [5.74, 6) is -0.318. The Kier molecular flexibility index (Phi) is 3.64. The first-order valence-corrected chi connectivity index (χ1v) is 7.22. The van der Waals surface area contributed by atoms with E-state index in [0.717, 1.165) is 30.0 Å². The molecule has 5 heteroatoms. The Morgan fingerprint density at radius 2 is 2.05 bits per heavy atom. The highest BCUT2D eigenvalue weighted by atomic mass is 16.4. The van der Waals surface area contributed by atoms with Gasteiger partial charge >= 0.3 is 5.97 Å². The number of aliphatic carboxylic acids is 1. The standard InChI is InChI=1S/C16H18N2O3/c19-11-6-5-10-7-8-17-15(13(10)9-11)18-14-4-2-1-3-12(14)16(20)21/h5-9,12,14,19H,1-4H2,(H,17,18)(H,20,21). The van der Waals surface area contributed by atoms with Crippen molar-refractivity contribution >= 4 is 22.6 Å². The number of fused-ring (bicyclic) bond motifs is 1. The van der Waals surface area contributed by atoms with Gasteiger partial charge in [0.15, 0.2) is 0 Å². The second-order valence-corrected chi connectivity index (χ2v) is 5.55. The van der Waals surface area contributed by atoms with Gasteiger partial charge in [0, 0.05) is 17.6 Å². The number of nitrogens with one attached hydrogen (secondary N) is 1. The minimum atomic E-state index is -0.754. The van der Waals surface area contributed by atoms with Crippen molar-refractivity contribution in [2.24, 2.45) is 5.92 Å². The Hall–Kier alpha value is -2.30. The van der Waals surface area contributed by atoms with Crippen molar-refractivity contribution in [2.45, 2.75) is 31.7 Å². The highest BCUT2D eigenvalue weighted by Crippen LogP contribution is 2.30. The van der Waals surface area contributed by atoms with E-state index in [1.165, 1.54) is 0 Å². The van der Waals surface area contributed by atoms with Crippen LogP contribution in [0, 0.1) is 5.92 Å². The van der Waals surface area contributed by atoms with Gasteiger partial charge in [-0.05, 0) is 36.4 Å². The molecule has 0 amide bonds. The smallest absolute Gasteiger partial charge is 0.308 e. The molecule has 1 aromatic carbocycles.